The van der Waals surface area contributed by atoms with Crippen molar-refractivity contribution < 1.29 is 56.8 Å². The molecule has 0 amide bonds. The van der Waals surface area contributed by atoms with Crippen LogP contribution in [0.25, 0.3) is 0 Å². The summed E-state index contributed by atoms with van der Waals surface area (Å²) in [7, 11) is 0. The summed E-state index contributed by atoms with van der Waals surface area (Å²) in [5, 5.41) is 0. The summed E-state index contributed by atoms with van der Waals surface area (Å²) in [5.74, 6) is 1.51. The maximum atomic E-state index is 5.65. The Morgan fingerprint density at radius 3 is 0.917 bits per heavy atom. The van der Waals surface area contributed by atoms with Crippen molar-refractivity contribution in [3.8, 4) is 5.75 Å². The molecule has 0 saturated heterocycles. The van der Waals surface area contributed by atoms with Crippen molar-refractivity contribution in [3.63, 3.8) is 0 Å². The third-order valence-corrected chi connectivity index (χ3v) is 6.54. The minimum absolute atomic E-state index is 0.475. The number of rotatable bonds is 40. The Labute approximate surface area is 293 Å². The molecular weight excluding hydrogens is 650 g/mol. The van der Waals surface area contributed by atoms with Crippen molar-refractivity contribution in [3.05, 3.63) is 24.3 Å². The van der Waals surface area contributed by atoms with E-state index in [0.717, 1.165) is 31.1 Å². The average Bonchev–Trinajstić information content (AvgIpc) is 3.10. The largest absolute Gasteiger partial charge is 0.491 e. The number of halogens is 1. The molecule has 0 fully saturated rings. The fourth-order valence-corrected chi connectivity index (χ4v) is 3.92. The summed E-state index contributed by atoms with van der Waals surface area (Å²) in [6.07, 6.45) is 4.49. The first-order chi connectivity index (χ1) is 23.8. The van der Waals surface area contributed by atoms with Gasteiger partial charge in [-0.05, 0) is 37.1 Å². The van der Waals surface area contributed by atoms with Crippen molar-refractivity contribution in [2.45, 2.75) is 25.7 Å². The van der Waals surface area contributed by atoms with E-state index in [1.165, 1.54) is 12.8 Å². The Bertz CT molecular complexity index is 753. The van der Waals surface area contributed by atoms with Gasteiger partial charge in [0.05, 0.1) is 139 Å². The van der Waals surface area contributed by atoms with E-state index in [0.29, 0.717) is 151 Å². The van der Waals surface area contributed by atoms with E-state index in [1.807, 2.05) is 12.1 Å². The molecule has 0 aliphatic carbocycles. The third-order valence-electron chi connectivity index (χ3n) is 6.27. The molecule has 0 spiro atoms. The molecule has 48 heavy (non-hydrogen) atoms. The molecule has 0 aliphatic heterocycles. The maximum Gasteiger partial charge on any atom is 0.119 e. The second-order valence-corrected chi connectivity index (χ2v) is 10.6. The van der Waals surface area contributed by atoms with Crippen LogP contribution in [0.5, 0.6) is 5.75 Å². The Balaban J connectivity index is 1.61. The quantitative estimate of drug-likeness (QED) is 0.0604. The molecule has 0 heterocycles. The lowest BCUT2D eigenvalue weighted by Gasteiger charge is -2.09. The summed E-state index contributed by atoms with van der Waals surface area (Å²) < 4.78 is 65.9. The zero-order valence-electron chi connectivity index (χ0n) is 29.0. The van der Waals surface area contributed by atoms with Crippen LogP contribution >= 0.6 is 11.6 Å². The number of nitrogens with two attached hydrogens (primary N) is 1. The van der Waals surface area contributed by atoms with Crippen molar-refractivity contribution in [1.82, 2.24) is 0 Å². The summed E-state index contributed by atoms with van der Waals surface area (Å²) >= 11 is 5.65. The van der Waals surface area contributed by atoms with Crippen LogP contribution in [0, 0.1) is 0 Å². The van der Waals surface area contributed by atoms with E-state index >= 15 is 0 Å². The highest BCUT2D eigenvalue weighted by molar-refractivity contribution is 6.17. The minimum Gasteiger partial charge on any atom is -0.491 e. The number of unbranched alkanes of at least 4 members (excludes halogenated alkanes) is 3. The molecule has 2 N–H and O–H groups in total. The number of nitrogen functional groups attached to an aromatic ring is 1. The molecule has 1 aromatic carbocycles. The summed E-state index contributed by atoms with van der Waals surface area (Å²) in [4.78, 5) is 0. The molecule has 1 rings (SSSR count). The van der Waals surface area contributed by atoms with E-state index in [9.17, 15) is 0 Å². The van der Waals surface area contributed by atoms with Crippen LogP contribution in [0.15, 0.2) is 24.3 Å². The highest BCUT2D eigenvalue weighted by Gasteiger charge is 1.98. The molecule has 0 bridgehead atoms. The van der Waals surface area contributed by atoms with Crippen LogP contribution in [0.1, 0.15) is 25.7 Å². The van der Waals surface area contributed by atoms with Crippen LogP contribution in [0.2, 0.25) is 0 Å². The lowest BCUT2D eigenvalue weighted by Crippen LogP contribution is -2.15. The topological polar surface area (TPSA) is 137 Å². The SMILES string of the molecule is Nc1ccc(OCCOCCOCCOCCOCCOCCOCCOCCOCCOCCOCCOCCCCCCCl)cc1. The Morgan fingerprint density at radius 2 is 0.604 bits per heavy atom. The van der Waals surface area contributed by atoms with Gasteiger partial charge in [0, 0.05) is 18.2 Å². The average molecular weight is 712 g/mol. The lowest BCUT2D eigenvalue weighted by molar-refractivity contribution is -0.0277. The van der Waals surface area contributed by atoms with Crippen LogP contribution < -0.4 is 10.5 Å². The first kappa shape index (κ1) is 44.7. The summed E-state index contributed by atoms with van der Waals surface area (Å²) in [5.41, 5.74) is 6.35. The van der Waals surface area contributed by atoms with Crippen molar-refractivity contribution in [1.29, 1.82) is 0 Å². The van der Waals surface area contributed by atoms with Crippen molar-refractivity contribution in [2.75, 3.05) is 164 Å². The number of benzene rings is 1. The lowest BCUT2D eigenvalue weighted by atomic mass is 10.2. The van der Waals surface area contributed by atoms with Gasteiger partial charge >= 0.3 is 0 Å². The first-order valence-electron chi connectivity index (χ1n) is 17.2. The second-order valence-electron chi connectivity index (χ2n) is 10.3. The van der Waals surface area contributed by atoms with Crippen molar-refractivity contribution >= 4 is 17.3 Å². The molecule has 14 heteroatoms. The van der Waals surface area contributed by atoms with Gasteiger partial charge < -0.3 is 62.6 Å². The molecule has 0 saturated carbocycles. The van der Waals surface area contributed by atoms with Crippen LogP contribution in [0.3, 0.4) is 0 Å². The molecule has 0 atom stereocenters. The summed E-state index contributed by atoms with van der Waals surface area (Å²) in [6, 6.07) is 7.27. The monoisotopic (exact) mass is 711 g/mol. The van der Waals surface area contributed by atoms with Gasteiger partial charge in [-0.3, -0.25) is 0 Å². The van der Waals surface area contributed by atoms with Gasteiger partial charge in [-0.2, -0.15) is 0 Å². The molecule has 0 aliphatic rings. The van der Waals surface area contributed by atoms with E-state index in [-0.39, 0.29) is 0 Å². The Kier molecular flexibility index (Phi) is 35.8. The van der Waals surface area contributed by atoms with Gasteiger partial charge in [-0.1, -0.05) is 12.8 Å². The van der Waals surface area contributed by atoms with Gasteiger partial charge in [0.2, 0.25) is 0 Å². The number of alkyl halides is 1. The maximum absolute atomic E-state index is 5.65. The normalized spacial score (nSPS) is 11.4. The number of hydrogen-bond donors (Lipinski definition) is 1. The highest BCUT2D eigenvalue weighted by Crippen LogP contribution is 2.12. The summed E-state index contributed by atoms with van der Waals surface area (Å²) in [6.45, 7) is 12.2. The standard InChI is InChI=1S/C34H62ClNO12/c35-9-3-1-2-4-10-37-11-12-38-13-14-39-15-16-40-17-18-41-19-20-42-21-22-43-23-24-44-25-26-45-27-28-46-29-30-47-31-32-48-34-7-5-33(36)6-8-34/h5-8H,1-4,9-32,36H2. The van der Waals surface area contributed by atoms with E-state index in [2.05, 4.69) is 0 Å². The van der Waals surface area contributed by atoms with E-state index in [1.54, 1.807) is 12.1 Å². The van der Waals surface area contributed by atoms with Gasteiger partial charge in [0.25, 0.3) is 0 Å². The predicted molar refractivity (Wildman–Crippen MR) is 185 cm³/mol. The first-order valence-corrected chi connectivity index (χ1v) is 17.8. The van der Waals surface area contributed by atoms with Crippen LogP contribution in [-0.2, 0) is 52.1 Å². The molecule has 0 radical (unpaired) electrons. The fraction of sp³-hybridized carbons (Fsp3) is 0.824. The smallest absolute Gasteiger partial charge is 0.119 e. The number of ether oxygens (including phenoxy) is 12. The number of hydrogen-bond acceptors (Lipinski definition) is 13. The molecule has 0 aromatic heterocycles. The Morgan fingerprint density at radius 1 is 0.333 bits per heavy atom. The zero-order chi connectivity index (χ0) is 34.3. The van der Waals surface area contributed by atoms with Gasteiger partial charge in [0.1, 0.15) is 12.4 Å². The van der Waals surface area contributed by atoms with Crippen molar-refractivity contribution in [2.24, 2.45) is 0 Å². The molecular formula is C34H62ClNO12. The van der Waals surface area contributed by atoms with Gasteiger partial charge in [-0.15, -0.1) is 11.6 Å². The third kappa shape index (κ3) is 34.5. The molecule has 282 valence electrons. The van der Waals surface area contributed by atoms with Gasteiger partial charge in [-0.25, -0.2) is 0 Å². The molecule has 13 nitrogen and oxygen atoms in total. The molecule has 0 unspecified atom stereocenters. The highest BCUT2D eigenvalue weighted by atomic mass is 35.5. The Hall–Kier alpha value is -1.33. The van der Waals surface area contributed by atoms with Gasteiger partial charge in [0.15, 0.2) is 0 Å². The van der Waals surface area contributed by atoms with E-state index < -0.39 is 0 Å². The fourth-order valence-electron chi connectivity index (χ4n) is 3.74. The van der Waals surface area contributed by atoms with Crippen LogP contribution in [-0.4, -0.2) is 158 Å². The second kappa shape index (κ2) is 38.5. The predicted octanol–water partition coefficient (Wildman–Crippen LogP) is 3.63. The van der Waals surface area contributed by atoms with Crippen LogP contribution in [0.4, 0.5) is 5.69 Å². The minimum atomic E-state index is 0.475. The molecule has 1 aromatic rings. The zero-order valence-corrected chi connectivity index (χ0v) is 29.7. The van der Waals surface area contributed by atoms with E-state index in [4.69, 9.17) is 74.2 Å². The number of anilines is 1.